The number of ether oxygens (including phenoxy) is 3. The average Bonchev–Trinajstić information content (AvgIpc) is 2.86. The number of carbonyl (C=O) groups excluding carboxylic acids is 3. The molecule has 1 aromatic rings. The van der Waals surface area contributed by atoms with Crippen LogP contribution < -0.4 is 14.8 Å². The van der Waals surface area contributed by atoms with Crippen molar-refractivity contribution in [2.45, 2.75) is 13.8 Å². The summed E-state index contributed by atoms with van der Waals surface area (Å²) in [5, 5.41) is 2.73. The van der Waals surface area contributed by atoms with E-state index in [1.165, 1.54) is 13.2 Å². The fraction of sp³-hybridized carbons (Fsp3) is 0.353. The van der Waals surface area contributed by atoms with Crippen LogP contribution in [0.1, 0.15) is 19.4 Å². The summed E-state index contributed by atoms with van der Waals surface area (Å²) in [6, 6.07) is 2.49. The van der Waals surface area contributed by atoms with Gasteiger partial charge in [0.05, 0.1) is 25.3 Å². The van der Waals surface area contributed by atoms with E-state index in [9.17, 15) is 14.4 Å². The first-order chi connectivity index (χ1) is 12.4. The molecule has 1 aromatic carbocycles. The van der Waals surface area contributed by atoms with E-state index >= 15 is 0 Å². The molecule has 0 aliphatic carbocycles. The Hall–Kier alpha value is -2.74. The molecule has 1 aliphatic rings. The maximum absolute atomic E-state index is 12.3. The predicted octanol–water partition coefficient (Wildman–Crippen LogP) is 2.20. The molecule has 8 nitrogen and oxygen atoms in total. The number of rotatable bonds is 7. The van der Waals surface area contributed by atoms with Crippen molar-refractivity contribution in [2.24, 2.45) is 0 Å². The Kier molecular flexibility index (Phi) is 6.46. The van der Waals surface area contributed by atoms with Crippen molar-refractivity contribution < 1.29 is 28.6 Å². The van der Waals surface area contributed by atoms with E-state index in [0.29, 0.717) is 35.3 Å². The van der Waals surface area contributed by atoms with Crippen LogP contribution in [0, 0.1) is 0 Å². The molecule has 0 radical (unpaired) electrons. The topological polar surface area (TPSA) is 94.2 Å². The number of urea groups is 1. The first-order valence-corrected chi connectivity index (χ1v) is 8.29. The largest absolute Gasteiger partial charge is 0.490 e. The fourth-order valence-corrected chi connectivity index (χ4v) is 2.47. The van der Waals surface area contributed by atoms with Crippen molar-refractivity contribution in [3.8, 4) is 11.5 Å². The molecular formula is C17H19ClN2O6. The number of imide groups is 1. The van der Waals surface area contributed by atoms with Gasteiger partial charge in [-0.05, 0) is 31.6 Å². The van der Waals surface area contributed by atoms with Gasteiger partial charge in [-0.3, -0.25) is 9.59 Å². The lowest BCUT2D eigenvalue weighted by Crippen LogP contribution is -2.36. The van der Waals surface area contributed by atoms with Crippen LogP contribution in [0.2, 0.25) is 5.02 Å². The van der Waals surface area contributed by atoms with E-state index in [0.717, 1.165) is 4.90 Å². The van der Waals surface area contributed by atoms with E-state index in [-0.39, 0.29) is 5.70 Å². The monoisotopic (exact) mass is 382 g/mol. The van der Waals surface area contributed by atoms with Gasteiger partial charge in [0.25, 0.3) is 5.91 Å². The van der Waals surface area contributed by atoms with Crippen LogP contribution in [0.5, 0.6) is 11.5 Å². The van der Waals surface area contributed by atoms with Crippen molar-refractivity contribution in [3.63, 3.8) is 0 Å². The number of esters is 1. The maximum Gasteiger partial charge on any atom is 0.329 e. The summed E-state index contributed by atoms with van der Waals surface area (Å²) in [5.74, 6) is -0.403. The van der Waals surface area contributed by atoms with Gasteiger partial charge in [-0.25, -0.2) is 9.69 Å². The second-order valence-electron chi connectivity index (χ2n) is 5.14. The summed E-state index contributed by atoms with van der Waals surface area (Å²) >= 11 is 6.25. The summed E-state index contributed by atoms with van der Waals surface area (Å²) in [6.45, 7) is 4.05. The summed E-state index contributed by atoms with van der Waals surface area (Å²) in [4.78, 5) is 36.3. The molecule has 3 amide bonds. The predicted molar refractivity (Wildman–Crippen MR) is 94.0 cm³/mol. The molecule has 2 rings (SSSR count). The van der Waals surface area contributed by atoms with Gasteiger partial charge in [0.1, 0.15) is 12.2 Å². The van der Waals surface area contributed by atoms with Crippen LogP contribution in [0.15, 0.2) is 17.8 Å². The Morgan fingerprint density at radius 3 is 2.38 bits per heavy atom. The highest BCUT2D eigenvalue weighted by atomic mass is 35.5. The zero-order valence-electron chi connectivity index (χ0n) is 14.6. The van der Waals surface area contributed by atoms with Gasteiger partial charge in [0, 0.05) is 6.07 Å². The molecule has 0 unspecified atom stereocenters. The number of nitrogens with zero attached hydrogens (tertiary/aromatic N) is 1. The number of halogens is 1. The Bertz CT molecular complexity index is 762. The molecule has 26 heavy (non-hydrogen) atoms. The van der Waals surface area contributed by atoms with Crippen molar-refractivity contribution >= 4 is 35.6 Å². The Balaban J connectivity index is 2.34. The molecular weight excluding hydrogens is 364 g/mol. The van der Waals surface area contributed by atoms with Gasteiger partial charge in [-0.15, -0.1) is 0 Å². The van der Waals surface area contributed by atoms with Gasteiger partial charge < -0.3 is 19.5 Å². The molecule has 0 bridgehead atoms. The molecule has 9 heteroatoms. The minimum atomic E-state index is -0.709. The summed E-state index contributed by atoms with van der Waals surface area (Å²) in [7, 11) is 1.17. The Morgan fingerprint density at radius 1 is 1.19 bits per heavy atom. The van der Waals surface area contributed by atoms with E-state index < -0.39 is 24.5 Å². The highest BCUT2D eigenvalue weighted by Crippen LogP contribution is 2.35. The third-order valence-electron chi connectivity index (χ3n) is 3.44. The molecule has 140 valence electrons. The third kappa shape index (κ3) is 4.26. The molecule has 1 N–H and O–H groups in total. The lowest BCUT2D eigenvalue weighted by atomic mass is 10.1. The van der Waals surface area contributed by atoms with E-state index in [4.69, 9.17) is 21.1 Å². The normalized spacial score (nSPS) is 15.2. The number of amides is 3. The standard InChI is InChI=1S/C17H19ClN2O6/c1-4-25-13-7-10(11(18)8-14(13)26-5-2)6-12-16(22)20(17(23)19-12)9-15(21)24-3/h6-8H,4-5,9H2,1-3H3,(H,19,23)/b12-6+. The van der Waals surface area contributed by atoms with E-state index in [2.05, 4.69) is 10.1 Å². The van der Waals surface area contributed by atoms with Crippen LogP contribution in [-0.2, 0) is 14.3 Å². The molecule has 1 heterocycles. The van der Waals surface area contributed by atoms with Crippen LogP contribution >= 0.6 is 11.6 Å². The third-order valence-corrected chi connectivity index (χ3v) is 3.77. The van der Waals surface area contributed by atoms with E-state index in [1.54, 1.807) is 12.1 Å². The number of benzene rings is 1. The number of hydrogen-bond donors (Lipinski definition) is 1. The summed E-state index contributed by atoms with van der Waals surface area (Å²) < 4.78 is 15.5. The maximum atomic E-state index is 12.3. The van der Waals surface area contributed by atoms with Crippen molar-refractivity contribution in [1.82, 2.24) is 10.2 Å². The fourth-order valence-electron chi connectivity index (χ4n) is 2.26. The molecule has 1 aliphatic heterocycles. The first kappa shape index (κ1) is 19.6. The number of nitrogens with one attached hydrogen (secondary N) is 1. The summed E-state index contributed by atoms with van der Waals surface area (Å²) in [5.41, 5.74) is 0.453. The van der Waals surface area contributed by atoms with Crippen LogP contribution in [0.3, 0.4) is 0 Å². The van der Waals surface area contributed by atoms with E-state index in [1.807, 2.05) is 13.8 Å². The first-order valence-electron chi connectivity index (χ1n) is 7.91. The second kappa shape index (κ2) is 8.57. The zero-order valence-corrected chi connectivity index (χ0v) is 15.4. The Morgan fingerprint density at radius 2 is 1.81 bits per heavy atom. The second-order valence-corrected chi connectivity index (χ2v) is 5.55. The Labute approximate surface area is 155 Å². The molecule has 0 aromatic heterocycles. The molecule has 0 saturated carbocycles. The van der Waals surface area contributed by atoms with Gasteiger partial charge in [0.2, 0.25) is 0 Å². The highest BCUT2D eigenvalue weighted by Gasteiger charge is 2.35. The molecule has 1 saturated heterocycles. The van der Waals surface area contributed by atoms with Gasteiger partial charge in [-0.1, -0.05) is 11.6 Å². The SMILES string of the molecule is CCOc1cc(Cl)c(/C=C2/NC(=O)N(CC(=O)OC)C2=O)cc1OCC. The van der Waals surface area contributed by atoms with Crippen LogP contribution in [0.4, 0.5) is 4.79 Å². The van der Waals surface area contributed by atoms with Crippen molar-refractivity contribution in [3.05, 3.63) is 28.4 Å². The lowest BCUT2D eigenvalue weighted by Gasteiger charge is -2.13. The summed E-state index contributed by atoms with van der Waals surface area (Å²) in [6.07, 6.45) is 1.41. The van der Waals surface area contributed by atoms with Crippen LogP contribution in [-0.4, -0.2) is 49.7 Å². The number of methoxy groups -OCH3 is 1. The van der Waals surface area contributed by atoms with Gasteiger partial charge in [0.15, 0.2) is 11.5 Å². The molecule has 1 fully saturated rings. The minimum Gasteiger partial charge on any atom is -0.490 e. The minimum absolute atomic E-state index is 0.00703. The smallest absolute Gasteiger partial charge is 0.329 e. The van der Waals surface area contributed by atoms with Crippen molar-refractivity contribution in [2.75, 3.05) is 26.9 Å². The number of hydrogen-bond acceptors (Lipinski definition) is 6. The highest BCUT2D eigenvalue weighted by molar-refractivity contribution is 6.32. The zero-order chi connectivity index (χ0) is 19.3. The quantitative estimate of drug-likeness (QED) is 0.441. The molecule has 0 atom stereocenters. The molecule has 0 spiro atoms. The van der Waals surface area contributed by atoms with Gasteiger partial charge >= 0.3 is 12.0 Å². The van der Waals surface area contributed by atoms with Gasteiger partial charge in [-0.2, -0.15) is 0 Å². The lowest BCUT2D eigenvalue weighted by molar-refractivity contribution is -0.143. The average molecular weight is 383 g/mol. The van der Waals surface area contributed by atoms with Crippen LogP contribution in [0.25, 0.3) is 6.08 Å². The number of carbonyl (C=O) groups is 3. The van der Waals surface area contributed by atoms with Crippen molar-refractivity contribution in [1.29, 1.82) is 0 Å².